The van der Waals surface area contributed by atoms with Gasteiger partial charge in [0.1, 0.15) is 11.0 Å². The van der Waals surface area contributed by atoms with Gasteiger partial charge in [-0.2, -0.15) is 0 Å². The van der Waals surface area contributed by atoms with Gasteiger partial charge in [-0.1, -0.05) is 18.5 Å². The molecule has 12 heavy (non-hydrogen) atoms. The van der Waals surface area contributed by atoms with Crippen LogP contribution in [0.2, 0.25) is 5.15 Å². The molecule has 0 bridgehead atoms. The number of halogens is 2. The van der Waals surface area contributed by atoms with Crippen molar-refractivity contribution in [3.05, 3.63) is 20.2 Å². The highest BCUT2D eigenvalue weighted by atomic mass is 127. The van der Waals surface area contributed by atoms with Gasteiger partial charge in [0.25, 0.3) is 0 Å². The van der Waals surface area contributed by atoms with E-state index in [4.69, 9.17) is 11.6 Å². The summed E-state index contributed by atoms with van der Waals surface area (Å²) in [5.74, 6) is 0.848. The molecule has 66 valence electrons. The lowest BCUT2D eigenvalue weighted by molar-refractivity contribution is 0.821. The van der Waals surface area contributed by atoms with E-state index in [-0.39, 0.29) is 0 Å². The Hall–Kier alpha value is 0.1000. The predicted octanol–water partition coefficient (Wildman–Crippen LogP) is 3.00. The molecule has 1 aromatic rings. The van der Waals surface area contributed by atoms with Crippen LogP contribution in [0.3, 0.4) is 0 Å². The second-order valence-corrected chi connectivity index (χ2v) is 4.02. The van der Waals surface area contributed by atoms with E-state index in [1.54, 1.807) is 0 Å². The molecule has 1 heterocycles. The second kappa shape index (κ2) is 4.37. The molecule has 0 N–H and O–H groups in total. The van der Waals surface area contributed by atoms with E-state index in [1.807, 2.05) is 6.92 Å². The van der Waals surface area contributed by atoms with Gasteiger partial charge >= 0.3 is 0 Å². The highest BCUT2D eigenvalue weighted by Gasteiger charge is 2.05. The molecule has 0 spiro atoms. The summed E-state index contributed by atoms with van der Waals surface area (Å²) >= 11 is 8.05. The fourth-order valence-electron chi connectivity index (χ4n) is 0.915. The van der Waals surface area contributed by atoms with E-state index in [0.29, 0.717) is 5.15 Å². The number of hydrogen-bond donors (Lipinski definition) is 0. The Balaban J connectivity index is 3.04. The van der Waals surface area contributed by atoms with Gasteiger partial charge in [0.15, 0.2) is 0 Å². The minimum absolute atomic E-state index is 0.576. The molecule has 0 radical (unpaired) electrons. The average Bonchev–Trinajstić information content (AvgIpc) is 2.01. The molecule has 0 unspecified atom stereocenters. The first-order chi connectivity index (χ1) is 5.65. The molecule has 0 aliphatic heterocycles. The SMILES string of the molecule is CCCc1nc(C)c(I)c(Cl)n1. The molecule has 1 rings (SSSR count). The summed E-state index contributed by atoms with van der Waals surface area (Å²) in [5.41, 5.74) is 0.971. The van der Waals surface area contributed by atoms with Crippen molar-refractivity contribution in [3.63, 3.8) is 0 Å². The van der Waals surface area contributed by atoms with Gasteiger partial charge in [0.05, 0.1) is 9.26 Å². The minimum atomic E-state index is 0.576. The Morgan fingerprint density at radius 1 is 1.42 bits per heavy atom. The van der Waals surface area contributed by atoms with Crippen LogP contribution in [0.5, 0.6) is 0 Å². The normalized spacial score (nSPS) is 10.3. The first-order valence-electron chi connectivity index (χ1n) is 3.83. The van der Waals surface area contributed by atoms with Crippen LogP contribution in [0.4, 0.5) is 0 Å². The van der Waals surface area contributed by atoms with E-state index in [1.165, 1.54) is 0 Å². The number of rotatable bonds is 2. The third-order valence-corrected chi connectivity index (χ3v) is 3.38. The van der Waals surface area contributed by atoms with Crippen LogP contribution in [0.15, 0.2) is 0 Å². The van der Waals surface area contributed by atoms with Crippen molar-refractivity contribution in [2.45, 2.75) is 26.7 Å². The van der Waals surface area contributed by atoms with Gasteiger partial charge in [0.2, 0.25) is 0 Å². The van der Waals surface area contributed by atoms with Crippen molar-refractivity contribution < 1.29 is 0 Å². The van der Waals surface area contributed by atoms with Crippen LogP contribution < -0.4 is 0 Å². The van der Waals surface area contributed by atoms with Crippen LogP contribution in [0, 0.1) is 10.5 Å². The highest BCUT2D eigenvalue weighted by molar-refractivity contribution is 14.1. The van der Waals surface area contributed by atoms with Crippen molar-refractivity contribution in [1.82, 2.24) is 9.97 Å². The minimum Gasteiger partial charge on any atom is -0.237 e. The smallest absolute Gasteiger partial charge is 0.146 e. The zero-order valence-corrected chi connectivity index (χ0v) is 9.98. The fourth-order valence-corrected chi connectivity index (χ4v) is 1.39. The summed E-state index contributed by atoms with van der Waals surface area (Å²) in [4.78, 5) is 8.49. The van der Waals surface area contributed by atoms with Gasteiger partial charge in [-0.3, -0.25) is 0 Å². The molecule has 0 aliphatic carbocycles. The third-order valence-electron chi connectivity index (χ3n) is 1.50. The lowest BCUT2D eigenvalue weighted by Gasteiger charge is -2.02. The molecule has 0 atom stereocenters. The van der Waals surface area contributed by atoms with Crippen molar-refractivity contribution >= 4 is 34.2 Å². The first-order valence-corrected chi connectivity index (χ1v) is 5.29. The van der Waals surface area contributed by atoms with Gasteiger partial charge < -0.3 is 0 Å². The zero-order chi connectivity index (χ0) is 9.14. The maximum Gasteiger partial charge on any atom is 0.146 e. The quantitative estimate of drug-likeness (QED) is 0.619. The van der Waals surface area contributed by atoms with Crippen molar-refractivity contribution in [1.29, 1.82) is 0 Å². The average molecular weight is 297 g/mol. The molecule has 1 aromatic heterocycles. The van der Waals surface area contributed by atoms with E-state index in [9.17, 15) is 0 Å². The molecule has 0 saturated heterocycles. The van der Waals surface area contributed by atoms with Crippen LogP contribution in [-0.4, -0.2) is 9.97 Å². The van der Waals surface area contributed by atoms with Crippen LogP contribution in [0.1, 0.15) is 24.9 Å². The van der Waals surface area contributed by atoms with Gasteiger partial charge in [-0.05, 0) is 35.9 Å². The molecular formula is C8H10ClIN2. The summed E-state index contributed by atoms with van der Waals surface area (Å²) in [5, 5.41) is 0.576. The molecule has 0 aromatic carbocycles. The lowest BCUT2D eigenvalue weighted by atomic mass is 10.3. The standard InChI is InChI=1S/C8H10ClIN2/c1-3-4-6-11-5(2)7(10)8(9)12-6/h3-4H2,1-2H3. The van der Waals surface area contributed by atoms with E-state index < -0.39 is 0 Å². The number of nitrogens with zero attached hydrogens (tertiary/aromatic N) is 2. The molecule has 4 heteroatoms. The Labute approximate surface area is 90.9 Å². The van der Waals surface area contributed by atoms with Crippen LogP contribution in [0.25, 0.3) is 0 Å². The zero-order valence-electron chi connectivity index (χ0n) is 7.06. The van der Waals surface area contributed by atoms with Gasteiger partial charge in [0, 0.05) is 6.42 Å². The summed E-state index contributed by atoms with van der Waals surface area (Å²) in [6.45, 7) is 4.05. The maximum absolute atomic E-state index is 5.90. The predicted molar refractivity (Wildman–Crippen MR) is 58.5 cm³/mol. The van der Waals surface area contributed by atoms with Crippen LogP contribution >= 0.6 is 34.2 Å². The Kier molecular flexibility index (Phi) is 3.71. The first kappa shape index (κ1) is 10.2. The van der Waals surface area contributed by atoms with Crippen molar-refractivity contribution in [3.8, 4) is 0 Å². The molecule has 2 nitrogen and oxygen atoms in total. The van der Waals surface area contributed by atoms with E-state index in [0.717, 1.165) is 27.9 Å². The van der Waals surface area contributed by atoms with Crippen molar-refractivity contribution in [2.75, 3.05) is 0 Å². The fraction of sp³-hybridized carbons (Fsp3) is 0.500. The Morgan fingerprint density at radius 3 is 2.58 bits per heavy atom. The summed E-state index contributed by atoms with van der Waals surface area (Å²) < 4.78 is 0.953. The Morgan fingerprint density at radius 2 is 2.08 bits per heavy atom. The lowest BCUT2D eigenvalue weighted by Crippen LogP contribution is -1.99. The largest absolute Gasteiger partial charge is 0.237 e. The Bertz CT molecular complexity index is 265. The molecule has 0 fully saturated rings. The second-order valence-electron chi connectivity index (χ2n) is 2.58. The number of aryl methyl sites for hydroxylation is 2. The topological polar surface area (TPSA) is 25.8 Å². The summed E-state index contributed by atoms with van der Waals surface area (Å²) in [6.07, 6.45) is 1.95. The summed E-state index contributed by atoms with van der Waals surface area (Å²) in [7, 11) is 0. The monoisotopic (exact) mass is 296 g/mol. The maximum atomic E-state index is 5.90. The third kappa shape index (κ3) is 2.29. The molecule has 0 aliphatic rings. The molecule has 0 amide bonds. The molecular weight excluding hydrogens is 286 g/mol. The van der Waals surface area contributed by atoms with Gasteiger partial charge in [-0.25, -0.2) is 9.97 Å². The van der Waals surface area contributed by atoms with Crippen molar-refractivity contribution in [2.24, 2.45) is 0 Å². The van der Waals surface area contributed by atoms with E-state index in [2.05, 4.69) is 39.5 Å². The van der Waals surface area contributed by atoms with Crippen LogP contribution in [-0.2, 0) is 6.42 Å². The number of aromatic nitrogens is 2. The summed E-state index contributed by atoms with van der Waals surface area (Å²) in [6, 6.07) is 0. The van der Waals surface area contributed by atoms with E-state index >= 15 is 0 Å². The molecule has 0 saturated carbocycles. The number of hydrogen-bond acceptors (Lipinski definition) is 2. The van der Waals surface area contributed by atoms with Gasteiger partial charge in [-0.15, -0.1) is 0 Å². The highest BCUT2D eigenvalue weighted by Crippen LogP contribution is 2.18.